The fourth-order valence-corrected chi connectivity index (χ4v) is 15.9. The number of esters is 6. The van der Waals surface area contributed by atoms with E-state index in [-0.39, 0.29) is 70.9 Å². The Morgan fingerprint density at radius 2 is 0.977 bits per heavy atom. The maximum absolute atomic E-state index is 11.6. The van der Waals surface area contributed by atoms with Gasteiger partial charge in [-0.25, -0.2) is 0 Å². The molecule has 14 nitrogen and oxygen atoms in total. The van der Waals surface area contributed by atoms with Crippen molar-refractivity contribution in [3.63, 3.8) is 0 Å². The second-order valence-electron chi connectivity index (χ2n) is 23.7. The van der Waals surface area contributed by atoms with Crippen LogP contribution < -0.4 is 0 Å². The zero-order chi connectivity index (χ0) is 65.7. The lowest BCUT2D eigenvalue weighted by Gasteiger charge is -2.34. The van der Waals surface area contributed by atoms with E-state index in [0.717, 1.165) is 108 Å². The molecule has 0 radical (unpaired) electrons. The molecule has 2 spiro atoms. The van der Waals surface area contributed by atoms with Crippen molar-refractivity contribution in [1.29, 1.82) is 0 Å². The average Bonchev–Trinajstić information content (AvgIpc) is 1.68. The Kier molecular flexibility index (Phi) is 42.0. The zero-order valence-electron chi connectivity index (χ0n) is 58.9. The van der Waals surface area contributed by atoms with Gasteiger partial charge >= 0.3 is 35.8 Å². The number of carbonyl (C=O) groups is 7. The highest BCUT2D eigenvalue weighted by atomic mass is 16.6. The number of fused-ring (bicyclic) bond motifs is 10. The highest BCUT2D eigenvalue weighted by Gasteiger charge is 2.59. The Morgan fingerprint density at radius 1 is 0.379 bits per heavy atom. The highest BCUT2D eigenvalue weighted by Crippen LogP contribution is 2.60. The molecule has 0 aromatic heterocycles. The summed E-state index contributed by atoms with van der Waals surface area (Å²) in [5.74, 6) is 6.23. The van der Waals surface area contributed by atoms with Crippen LogP contribution in [0.4, 0.5) is 0 Å². The number of rotatable bonds is 0. The van der Waals surface area contributed by atoms with Crippen molar-refractivity contribution in [2.45, 2.75) is 341 Å². The lowest BCUT2D eigenvalue weighted by atomic mass is 9.72. The van der Waals surface area contributed by atoms with Crippen molar-refractivity contribution >= 4 is 41.6 Å². The van der Waals surface area contributed by atoms with Crippen molar-refractivity contribution in [3.05, 3.63) is 0 Å². The molecule has 18 rings (SSSR count). The van der Waals surface area contributed by atoms with Crippen LogP contribution in [0.25, 0.3) is 0 Å². The quantitative estimate of drug-likeness (QED) is 0.165. The molecule has 9 saturated heterocycles. The van der Waals surface area contributed by atoms with E-state index in [0.29, 0.717) is 73.6 Å². The third-order valence-corrected chi connectivity index (χ3v) is 19.8. The second-order valence-corrected chi connectivity index (χ2v) is 23.7. The highest BCUT2D eigenvalue weighted by molar-refractivity contribution is 5.83. The molecule has 8 bridgehead atoms. The number of cyclic esters (lactones) is 2. The number of Topliss-reactive ketones (excluding diaryl/α,β-unsaturated/α-hetero) is 1. The molecular weight excluding hydrogens is 1100 g/mol. The van der Waals surface area contributed by atoms with Gasteiger partial charge in [-0.15, -0.1) is 0 Å². The van der Waals surface area contributed by atoms with Crippen molar-refractivity contribution in [1.82, 2.24) is 0 Å². The van der Waals surface area contributed by atoms with Gasteiger partial charge in [0.1, 0.15) is 36.3 Å². The lowest BCUT2D eigenvalue weighted by Crippen LogP contribution is -2.39. The molecule has 9 aliphatic carbocycles. The molecule has 87 heavy (non-hydrogen) atoms. The van der Waals surface area contributed by atoms with E-state index in [4.69, 9.17) is 33.2 Å². The van der Waals surface area contributed by atoms with E-state index >= 15 is 0 Å². The van der Waals surface area contributed by atoms with Gasteiger partial charge in [0, 0.05) is 24.7 Å². The molecule has 9 aliphatic heterocycles. The molecule has 13 unspecified atom stereocenters. The fourth-order valence-electron chi connectivity index (χ4n) is 15.9. The predicted octanol–water partition coefficient (Wildman–Crippen LogP) is 17.9. The Balaban J connectivity index is 0.000000487. The minimum absolute atomic E-state index is 0.00289. The summed E-state index contributed by atoms with van der Waals surface area (Å²) in [6.07, 6.45) is 33.5. The number of hydrogen-bond acceptors (Lipinski definition) is 14. The van der Waals surface area contributed by atoms with Gasteiger partial charge in [-0.3, -0.25) is 33.6 Å². The summed E-state index contributed by atoms with van der Waals surface area (Å²) >= 11 is 0. The number of ketones is 1. The van der Waals surface area contributed by atoms with Gasteiger partial charge in [-0.2, -0.15) is 0 Å². The summed E-state index contributed by atoms with van der Waals surface area (Å²) in [5.41, 5.74) is -0.0266. The largest absolute Gasteiger partial charge is 0.465 e. The Hall–Kier alpha value is -3.55. The second kappa shape index (κ2) is 44.8. The molecule has 0 amide bonds. The van der Waals surface area contributed by atoms with Crippen LogP contribution in [0.15, 0.2) is 0 Å². The molecule has 18 fully saturated rings. The Morgan fingerprint density at radius 3 is 1.44 bits per heavy atom. The van der Waals surface area contributed by atoms with Gasteiger partial charge in [0.15, 0.2) is 0 Å². The van der Waals surface area contributed by atoms with E-state index in [1.54, 1.807) is 0 Å². The van der Waals surface area contributed by atoms with Crippen LogP contribution in [0.2, 0.25) is 0 Å². The fraction of sp³-hybridized carbons (Fsp3) is 0.904. The number of hydrogen-bond donors (Lipinski definition) is 0. The predicted molar refractivity (Wildman–Crippen MR) is 348 cm³/mol. The van der Waals surface area contributed by atoms with Crippen LogP contribution in [0.3, 0.4) is 0 Å². The first-order valence-electron chi connectivity index (χ1n) is 36.7. The first-order chi connectivity index (χ1) is 42.4. The average molecular weight is 1230 g/mol. The minimum atomic E-state index is -0.107. The molecule has 0 N–H and O–H groups in total. The topological polar surface area (TPSA) is 184 Å². The third kappa shape index (κ3) is 22.7. The maximum atomic E-state index is 11.6. The van der Waals surface area contributed by atoms with Gasteiger partial charge in [0.25, 0.3) is 0 Å². The van der Waals surface area contributed by atoms with Crippen LogP contribution in [0.5, 0.6) is 0 Å². The summed E-state index contributed by atoms with van der Waals surface area (Å²) in [5, 5.41) is 0. The molecule has 0 aromatic carbocycles. The summed E-state index contributed by atoms with van der Waals surface area (Å²) < 4.78 is 35.5. The maximum Gasteiger partial charge on any atom is 0.312 e. The Bertz CT molecular complexity index is 1860. The molecular formula is C73H132O14. The van der Waals surface area contributed by atoms with Gasteiger partial charge in [-0.1, -0.05) is 157 Å². The third-order valence-electron chi connectivity index (χ3n) is 19.8. The van der Waals surface area contributed by atoms with E-state index in [9.17, 15) is 33.6 Å². The van der Waals surface area contributed by atoms with Crippen molar-refractivity contribution in [3.8, 4) is 0 Å². The van der Waals surface area contributed by atoms with E-state index in [2.05, 4.69) is 0 Å². The Labute approximate surface area is 531 Å². The lowest BCUT2D eigenvalue weighted by molar-refractivity contribution is -0.170. The smallest absolute Gasteiger partial charge is 0.312 e. The van der Waals surface area contributed by atoms with Crippen LogP contribution in [-0.2, 0) is 66.7 Å². The van der Waals surface area contributed by atoms with E-state index < -0.39 is 0 Å². The van der Waals surface area contributed by atoms with E-state index in [1.807, 2.05) is 125 Å². The molecule has 18 aliphatic rings. The molecule has 0 aromatic rings. The first-order valence-corrected chi connectivity index (χ1v) is 36.7. The van der Waals surface area contributed by atoms with Crippen LogP contribution in [0, 0.1) is 64.1 Å². The van der Waals surface area contributed by atoms with Gasteiger partial charge < -0.3 is 33.2 Å². The summed E-state index contributed by atoms with van der Waals surface area (Å²) in [6.45, 7) is 38.1. The van der Waals surface area contributed by atoms with Crippen molar-refractivity contribution in [2.75, 3.05) is 19.8 Å². The number of carbonyl (C=O) groups excluding carboxylic acids is 7. The SMILES string of the molecule is CC.CC.CC.CC.CC.CC.CC.CC.CC.O=C1CC2CCCC2O1.O=C1CC2OCCC2O1.O=C1CCC2CCCC12.O=C1OC2CC3CC2CC13.O=C1OC2CCC1CC2.O=C1OCCC12CC1CCC2C1.O=C1OCCC12CCCCC2. The summed E-state index contributed by atoms with van der Waals surface area (Å²) in [6, 6.07) is 0. The zero-order valence-corrected chi connectivity index (χ0v) is 58.9. The monoisotopic (exact) mass is 1230 g/mol. The van der Waals surface area contributed by atoms with Gasteiger partial charge in [0.2, 0.25) is 0 Å². The van der Waals surface area contributed by atoms with Crippen molar-refractivity contribution < 1.29 is 66.7 Å². The van der Waals surface area contributed by atoms with E-state index in [1.165, 1.54) is 89.9 Å². The van der Waals surface area contributed by atoms with Gasteiger partial charge in [0.05, 0.1) is 55.3 Å². The summed E-state index contributed by atoms with van der Waals surface area (Å²) in [4.78, 5) is 77.0. The first kappa shape index (κ1) is 81.5. The minimum Gasteiger partial charge on any atom is -0.465 e. The van der Waals surface area contributed by atoms with Crippen LogP contribution in [0.1, 0.15) is 311 Å². The van der Waals surface area contributed by atoms with Gasteiger partial charge in [-0.05, 0) is 158 Å². The summed E-state index contributed by atoms with van der Waals surface area (Å²) in [7, 11) is 0. The normalized spacial score (nSPS) is 34.6. The standard InChI is InChI=1S/C10H14O2.C9H14O2.C8H10O2.C8H12O.2C7H10O2.C6H8O3.9C2H6/c11-9-10(3-4-12-9)6-7-1-2-8(10)5-7;10-8-9(6-7-11-8)4-2-1-3-5-9;9-8-6-2-5-1-4(6)3-7(5)10-8;9-8-5-4-6-2-1-3-7(6)8;8-7-5-1-3-6(9-7)4-2-5;8-7-4-5-2-1-3-6(5)9-7;7-6-3-5-4(9-6)1-2-8-5;9*1-2/h7-8H,1-6H2;1-7H2;4-7H,1-3H2;6-7H,1-5H2;2*5-6H,1-4H2;4-5H,1-3H2;9*1-2H3. The molecule has 13 atom stereocenters. The number of ether oxygens (including phenoxy) is 7. The van der Waals surface area contributed by atoms with Crippen LogP contribution in [-0.4, -0.2) is 91.9 Å². The molecule has 508 valence electrons. The molecule has 14 heteroatoms. The van der Waals surface area contributed by atoms with Crippen molar-refractivity contribution in [2.24, 2.45) is 64.1 Å². The molecule has 9 heterocycles. The molecule has 9 saturated carbocycles. The van der Waals surface area contributed by atoms with Crippen LogP contribution >= 0.6 is 0 Å².